The van der Waals surface area contributed by atoms with Crippen LogP contribution < -0.4 is 10.2 Å². The molecule has 0 atom stereocenters. The van der Waals surface area contributed by atoms with Crippen LogP contribution in [-0.4, -0.2) is 9.78 Å². The minimum Gasteiger partial charge on any atom is -0.488 e. The summed E-state index contributed by atoms with van der Waals surface area (Å²) in [5.41, 5.74) is 0.380. The normalized spacial score (nSPS) is 11.7. The zero-order chi connectivity index (χ0) is 26.2. The van der Waals surface area contributed by atoms with Crippen molar-refractivity contribution in [3.8, 4) is 22.6 Å². The Hall–Kier alpha value is -4.40. The molecular weight excluding hydrogens is 488 g/mol. The smallest absolute Gasteiger partial charge is 0.450 e. The van der Waals surface area contributed by atoms with Crippen molar-refractivity contribution in [1.29, 1.82) is 0 Å². The van der Waals surface area contributed by atoms with E-state index in [9.17, 15) is 22.4 Å². The molecule has 0 N–H and O–H groups in total. The Kier molecular flexibility index (Phi) is 6.29. The van der Waals surface area contributed by atoms with Crippen molar-refractivity contribution in [1.82, 2.24) is 9.78 Å². The number of halogens is 4. The second-order valence-electron chi connectivity index (χ2n) is 8.37. The number of alkyl halides is 3. The maximum Gasteiger partial charge on any atom is 0.450 e. The van der Waals surface area contributed by atoms with E-state index in [-0.39, 0.29) is 23.1 Å². The van der Waals surface area contributed by atoms with Gasteiger partial charge in [-0.15, -0.1) is 0 Å². The van der Waals surface area contributed by atoms with Crippen LogP contribution in [0.5, 0.6) is 5.75 Å². The zero-order valence-electron chi connectivity index (χ0n) is 19.6. The monoisotopic (exact) mass is 508 g/mol. The third kappa shape index (κ3) is 4.84. The van der Waals surface area contributed by atoms with Gasteiger partial charge in [0.25, 0.3) is 0 Å². The SMILES string of the molecule is CCc1cc2c(=O)c(-c3ccc(F)cc3)c(C(F)(F)F)oc2cc1OCc1cnn(-c2ccccc2)c1. The van der Waals surface area contributed by atoms with Crippen LogP contribution in [-0.2, 0) is 19.2 Å². The van der Waals surface area contributed by atoms with Crippen LogP contribution in [0.25, 0.3) is 27.8 Å². The Labute approximate surface area is 208 Å². The Morgan fingerprint density at radius 3 is 2.43 bits per heavy atom. The topological polar surface area (TPSA) is 57.3 Å². The van der Waals surface area contributed by atoms with Gasteiger partial charge in [-0.3, -0.25) is 4.79 Å². The van der Waals surface area contributed by atoms with Crippen molar-refractivity contribution in [3.05, 3.63) is 112 Å². The van der Waals surface area contributed by atoms with Crippen molar-refractivity contribution in [2.75, 3.05) is 0 Å². The van der Waals surface area contributed by atoms with Gasteiger partial charge >= 0.3 is 6.18 Å². The maximum atomic E-state index is 13.9. The van der Waals surface area contributed by atoms with E-state index in [2.05, 4.69) is 5.10 Å². The molecule has 0 bridgehead atoms. The first-order valence-electron chi connectivity index (χ1n) is 11.4. The Morgan fingerprint density at radius 2 is 1.76 bits per heavy atom. The van der Waals surface area contributed by atoms with E-state index in [1.165, 1.54) is 12.1 Å². The van der Waals surface area contributed by atoms with Crippen molar-refractivity contribution < 1.29 is 26.7 Å². The van der Waals surface area contributed by atoms with E-state index >= 15 is 0 Å². The molecule has 2 aromatic heterocycles. The number of rotatable bonds is 6. The first kappa shape index (κ1) is 24.3. The van der Waals surface area contributed by atoms with Crippen LogP contribution >= 0.6 is 0 Å². The molecule has 0 radical (unpaired) electrons. The lowest BCUT2D eigenvalue weighted by Crippen LogP contribution is -2.16. The lowest BCUT2D eigenvalue weighted by atomic mass is 10.00. The first-order valence-corrected chi connectivity index (χ1v) is 11.4. The van der Waals surface area contributed by atoms with E-state index in [1.807, 2.05) is 37.3 Å². The molecule has 2 heterocycles. The van der Waals surface area contributed by atoms with Gasteiger partial charge in [0.05, 0.1) is 22.8 Å². The molecular formula is C28H20F4N2O3. The predicted molar refractivity (Wildman–Crippen MR) is 130 cm³/mol. The molecule has 9 heteroatoms. The molecule has 37 heavy (non-hydrogen) atoms. The quantitative estimate of drug-likeness (QED) is 0.233. The average Bonchev–Trinajstić information content (AvgIpc) is 3.37. The third-order valence-electron chi connectivity index (χ3n) is 5.90. The van der Waals surface area contributed by atoms with Gasteiger partial charge in [-0.1, -0.05) is 37.3 Å². The van der Waals surface area contributed by atoms with Gasteiger partial charge < -0.3 is 9.15 Å². The number of benzene rings is 3. The summed E-state index contributed by atoms with van der Waals surface area (Å²) in [6.45, 7) is 1.95. The predicted octanol–water partition coefficient (Wildman–Crippen LogP) is 6.95. The summed E-state index contributed by atoms with van der Waals surface area (Å²) < 4.78 is 68.0. The minimum atomic E-state index is -4.95. The van der Waals surface area contributed by atoms with E-state index in [0.717, 1.165) is 35.5 Å². The fourth-order valence-electron chi connectivity index (χ4n) is 4.07. The van der Waals surface area contributed by atoms with Crippen molar-refractivity contribution >= 4 is 11.0 Å². The summed E-state index contributed by atoms with van der Waals surface area (Å²) in [7, 11) is 0. The number of fused-ring (bicyclic) bond motifs is 1. The summed E-state index contributed by atoms with van der Waals surface area (Å²) >= 11 is 0. The molecule has 0 aliphatic rings. The number of para-hydroxylation sites is 1. The highest BCUT2D eigenvalue weighted by Gasteiger charge is 2.39. The van der Waals surface area contributed by atoms with Crippen molar-refractivity contribution in [3.63, 3.8) is 0 Å². The van der Waals surface area contributed by atoms with Gasteiger partial charge in [0, 0.05) is 17.8 Å². The van der Waals surface area contributed by atoms with E-state index in [4.69, 9.17) is 9.15 Å². The highest BCUT2D eigenvalue weighted by Crippen LogP contribution is 2.38. The fraction of sp³-hybridized carbons (Fsp3) is 0.143. The van der Waals surface area contributed by atoms with Gasteiger partial charge in [-0.2, -0.15) is 18.3 Å². The molecule has 0 unspecified atom stereocenters. The van der Waals surface area contributed by atoms with Gasteiger partial charge in [0.1, 0.15) is 23.8 Å². The van der Waals surface area contributed by atoms with E-state index in [1.54, 1.807) is 17.1 Å². The zero-order valence-corrected chi connectivity index (χ0v) is 19.6. The molecule has 0 fully saturated rings. The Bertz CT molecular complexity index is 1620. The molecule has 0 amide bonds. The molecule has 5 aromatic rings. The molecule has 0 aliphatic heterocycles. The summed E-state index contributed by atoms with van der Waals surface area (Å²) in [5.74, 6) is -1.78. The summed E-state index contributed by atoms with van der Waals surface area (Å²) in [4.78, 5) is 13.3. The molecule has 5 rings (SSSR count). The average molecular weight is 508 g/mol. The van der Waals surface area contributed by atoms with Gasteiger partial charge in [-0.05, 0) is 47.9 Å². The standard InChI is InChI=1S/C28H20F4N2O3/c1-2-18-12-22-24(13-23(18)36-16-17-14-33-34(15-17)21-6-4-3-5-7-21)37-27(28(30,31)32)25(26(22)35)19-8-10-20(29)11-9-19/h3-15H,2,16H2,1H3. The second-order valence-corrected chi connectivity index (χ2v) is 8.37. The number of nitrogens with zero attached hydrogens (tertiary/aromatic N) is 2. The van der Waals surface area contributed by atoms with Crippen LogP contribution in [0.4, 0.5) is 17.6 Å². The number of aryl methyl sites for hydroxylation is 1. The van der Waals surface area contributed by atoms with Crippen LogP contribution in [0.15, 0.2) is 88.3 Å². The fourth-order valence-corrected chi connectivity index (χ4v) is 4.07. The van der Waals surface area contributed by atoms with Crippen LogP contribution in [0.1, 0.15) is 23.8 Å². The number of aromatic nitrogens is 2. The molecule has 3 aromatic carbocycles. The highest BCUT2D eigenvalue weighted by molar-refractivity contribution is 5.85. The van der Waals surface area contributed by atoms with Gasteiger partial charge in [0.15, 0.2) is 0 Å². The van der Waals surface area contributed by atoms with E-state index < -0.39 is 28.7 Å². The maximum absolute atomic E-state index is 13.9. The summed E-state index contributed by atoms with van der Waals surface area (Å²) in [6.07, 6.45) is -1.07. The molecule has 188 valence electrons. The summed E-state index contributed by atoms with van der Waals surface area (Å²) in [5, 5.41) is 4.29. The largest absolute Gasteiger partial charge is 0.488 e. The molecule has 0 saturated heterocycles. The molecule has 0 saturated carbocycles. The van der Waals surface area contributed by atoms with Gasteiger partial charge in [0.2, 0.25) is 11.2 Å². The lowest BCUT2D eigenvalue weighted by molar-refractivity contribution is -0.152. The number of hydrogen-bond acceptors (Lipinski definition) is 4. The molecule has 0 aliphatic carbocycles. The first-order chi connectivity index (χ1) is 17.7. The Morgan fingerprint density at radius 1 is 1.03 bits per heavy atom. The van der Waals surface area contributed by atoms with Crippen LogP contribution in [0.2, 0.25) is 0 Å². The summed E-state index contributed by atoms with van der Waals surface area (Å²) in [6, 6.07) is 16.5. The second kappa shape index (κ2) is 9.57. The lowest BCUT2D eigenvalue weighted by Gasteiger charge is -2.15. The van der Waals surface area contributed by atoms with Gasteiger partial charge in [-0.25, -0.2) is 9.07 Å². The number of hydrogen-bond donors (Lipinski definition) is 0. The molecule has 0 spiro atoms. The molecule has 5 nitrogen and oxygen atoms in total. The third-order valence-corrected chi connectivity index (χ3v) is 5.90. The van der Waals surface area contributed by atoms with Crippen LogP contribution in [0.3, 0.4) is 0 Å². The van der Waals surface area contributed by atoms with Crippen molar-refractivity contribution in [2.45, 2.75) is 26.1 Å². The number of ether oxygens (including phenoxy) is 1. The minimum absolute atomic E-state index is 0.0200. The van der Waals surface area contributed by atoms with Crippen molar-refractivity contribution in [2.24, 2.45) is 0 Å². The Balaban J connectivity index is 1.54. The van der Waals surface area contributed by atoms with Crippen LogP contribution in [0, 0.1) is 5.82 Å². The van der Waals surface area contributed by atoms with E-state index in [0.29, 0.717) is 17.7 Å². The highest BCUT2D eigenvalue weighted by atomic mass is 19.4.